The quantitative estimate of drug-likeness (QED) is 0.873. The van der Waals surface area contributed by atoms with Crippen LogP contribution >= 0.6 is 11.6 Å². The number of hydrogen-bond acceptors (Lipinski definition) is 3. The van der Waals surface area contributed by atoms with E-state index in [1.165, 1.54) is 0 Å². The van der Waals surface area contributed by atoms with Crippen LogP contribution in [0.3, 0.4) is 0 Å². The van der Waals surface area contributed by atoms with Gasteiger partial charge in [-0.15, -0.1) is 0 Å². The van der Waals surface area contributed by atoms with E-state index in [1.54, 1.807) is 30.6 Å². The molecule has 2 N–H and O–H groups in total. The van der Waals surface area contributed by atoms with Gasteiger partial charge in [-0.1, -0.05) is 24.6 Å². The average Bonchev–Trinajstić information content (AvgIpc) is 2.49. The normalized spacial score (nSPS) is 10.2. The van der Waals surface area contributed by atoms with Crippen LogP contribution in [-0.4, -0.2) is 17.4 Å². The van der Waals surface area contributed by atoms with Crippen LogP contribution in [0.4, 0.5) is 11.4 Å². The van der Waals surface area contributed by atoms with E-state index in [0.717, 1.165) is 24.2 Å². The minimum absolute atomic E-state index is 0.202. The number of carbonyl (C=O) groups excluding carboxylic acids is 1. The first kappa shape index (κ1) is 15.3. The van der Waals surface area contributed by atoms with Crippen LogP contribution in [0.15, 0.2) is 36.7 Å². The fourth-order valence-electron chi connectivity index (χ4n) is 1.91. The van der Waals surface area contributed by atoms with Gasteiger partial charge < -0.3 is 10.6 Å². The first-order valence-corrected chi connectivity index (χ1v) is 7.25. The zero-order chi connectivity index (χ0) is 15.2. The molecule has 0 aliphatic heterocycles. The first-order chi connectivity index (χ1) is 10.1. The lowest BCUT2D eigenvalue weighted by atomic mass is 10.1. The molecule has 21 heavy (non-hydrogen) atoms. The molecular weight excluding hydrogens is 286 g/mol. The van der Waals surface area contributed by atoms with E-state index in [4.69, 9.17) is 11.6 Å². The molecule has 1 amide bonds. The maximum Gasteiger partial charge on any atom is 0.259 e. The zero-order valence-electron chi connectivity index (χ0n) is 12.1. The monoisotopic (exact) mass is 303 g/mol. The number of aromatic nitrogens is 1. The third-order valence-corrected chi connectivity index (χ3v) is 3.31. The molecule has 0 saturated carbocycles. The number of anilines is 2. The third kappa shape index (κ3) is 3.95. The van der Waals surface area contributed by atoms with Crippen LogP contribution in [0.1, 0.15) is 29.3 Å². The van der Waals surface area contributed by atoms with E-state index in [0.29, 0.717) is 16.3 Å². The minimum atomic E-state index is -0.202. The topological polar surface area (TPSA) is 54.0 Å². The highest BCUT2D eigenvalue weighted by atomic mass is 35.5. The lowest BCUT2D eigenvalue weighted by Gasteiger charge is -2.12. The smallest absolute Gasteiger partial charge is 0.259 e. The number of aryl methyl sites for hydroxylation is 1. The first-order valence-electron chi connectivity index (χ1n) is 6.87. The van der Waals surface area contributed by atoms with Crippen LogP contribution in [0, 0.1) is 6.92 Å². The van der Waals surface area contributed by atoms with Gasteiger partial charge in [0, 0.05) is 29.6 Å². The summed E-state index contributed by atoms with van der Waals surface area (Å²) in [7, 11) is 0. The molecule has 2 aromatic rings. The van der Waals surface area contributed by atoms with Gasteiger partial charge >= 0.3 is 0 Å². The molecule has 0 atom stereocenters. The molecule has 2 rings (SSSR count). The summed E-state index contributed by atoms with van der Waals surface area (Å²) in [5, 5.41) is 6.70. The summed E-state index contributed by atoms with van der Waals surface area (Å²) in [6.07, 6.45) is 4.21. The van der Waals surface area contributed by atoms with Crippen molar-refractivity contribution in [1.82, 2.24) is 4.98 Å². The summed E-state index contributed by atoms with van der Waals surface area (Å²) in [5.74, 6) is -0.202. The summed E-state index contributed by atoms with van der Waals surface area (Å²) in [6, 6.07) is 7.21. The second kappa shape index (κ2) is 7.09. The van der Waals surface area contributed by atoms with Gasteiger partial charge in [0.2, 0.25) is 0 Å². The van der Waals surface area contributed by atoms with Gasteiger partial charge in [0.05, 0.1) is 11.3 Å². The number of pyridine rings is 1. The van der Waals surface area contributed by atoms with Crippen LogP contribution in [-0.2, 0) is 0 Å². The summed E-state index contributed by atoms with van der Waals surface area (Å²) in [4.78, 5) is 16.5. The maximum atomic E-state index is 12.4. The Morgan fingerprint density at radius 2 is 2.10 bits per heavy atom. The van der Waals surface area contributed by atoms with Gasteiger partial charge in [-0.05, 0) is 37.1 Å². The van der Waals surface area contributed by atoms with Gasteiger partial charge in [-0.2, -0.15) is 0 Å². The Kier molecular flexibility index (Phi) is 5.17. The largest absolute Gasteiger partial charge is 0.384 e. The maximum absolute atomic E-state index is 12.4. The zero-order valence-corrected chi connectivity index (χ0v) is 12.9. The fourth-order valence-corrected chi connectivity index (χ4v) is 2.08. The molecular formula is C16H18ClN3O. The van der Waals surface area contributed by atoms with E-state index in [9.17, 15) is 4.79 Å². The second-order valence-corrected chi connectivity index (χ2v) is 5.20. The SMILES string of the molecule is CCCNc1ccncc1C(=O)Nc1cc(Cl)ccc1C. The van der Waals surface area contributed by atoms with Crippen LogP contribution in [0.5, 0.6) is 0 Å². The highest BCUT2D eigenvalue weighted by Crippen LogP contribution is 2.22. The Morgan fingerprint density at radius 1 is 1.29 bits per heavy atom. The Balaban J connectivity index is 2.22. The van der Waals surface area contributed by atoms with Crippen molar-refractivity contribution in [1.29, 1.82) is 0 Å². The molecule has 0 aliphatic rings. The van der Waals surface area contributed by atoms with Gasteiger partial charge in [0.15, 0.2) is 0 Å². The number of benzene rings is 1. The molecule has 0 saturated heterocycles. The van der Waals surface area contributed by atoms with Crippen molar-refractivity contribution >= 4 is 28.9 Å². The van der Waals surface area contributed by atoms with Crippen LogP contribution in [0.25, 0.3) is 0 Å². The highest BCUT2D eigenvalue weighted by Gasteiger charge is 2.12. The highest BCUT2D eigenvalue weighted by molar-refractivity contribution is 6.31. The fraction of sp³-hybridized carbons (Fsp3) is 0.250. The van der Waals surface area contributed by atoms with Crippen molar-refractivity contribution in [3.05, 3.63) is 52.8 Å². The molecule has 0 aliphatic carbocycles. The summed E-state index contributed by atoms with van der Waals surface area (Å²) >= 11 is 5.97. The van der Waals surface area contributed by atoms with Crippen molar-refractivity contribution in [3.63, 3.8) is 0 Å². The predicted molar refractivity (Wildman–Crippen MR) is 87.2 cm³/mol. The molecule has 0 bridgehead atoms. The Hall–Kier alpha value is -2.07. The van der Waals surface area contributed by atoms with E-state index in [-0.39, 0.29) is 5.91 Å². The van der Waals surface area contributed by atoms with Crippen molar-refractivity contribution in [2.75, 3.05) is 17.2 Å². The molecule has 1 aromatic heterocycles. The van der Waals surface area contributed by atoms with Gasteiger partial charge in [-0.3, -0.25) is 9.78 Å². The molecule has 0 radical (unpaired) electrons. The number of nitrogens with zero attached hydrogens (tertiary/aromatic N) is 1. The van der Waals surface area contributed by atoms with Crippen molar-refractivity contribution in [2.24, 2.45) is 0 Å². The lowest BCUT2D eigenvalue weighted by Crippen LogP contribution is -2.16. The van der Waals surface area contributed by atoms with E-state index >= 15 is 0 Å². The minimum Gasteiger partial charge on any atom is -0.384 e. The molecule has 5 heteroatoms. The summed E-state index contributed by atoms with van der Waals surface area (Å²) in [6.45, 7) is 4.80. The number of nitrogens with one attached hydrogen (secondary N) is 2. The molecule has 0 spiro atoms. The van der Waals surface area contributed by atoms with Crippen molar-refractivity contribution < 1.29 is 4.79 Å². The number of carbonyl (C=O) groups is 1. The molecule has 0 unspecified atom stereocenters. The van der Waals surface area contributed by atoms with Crippen molar-refractivity contribution in [3.8, 4) is 0 Å². The van der Waals surface area contributed by atoms with E-state index < -0.39 is 0 Å². The Morgan fingerprint density at radius 3 is 2.86 bits per heavy atom. The van der Waals surface area contributed by atoms with Crippen molar-refractivity contribution in [2.45, 2.75) is 20.3 Å². The third-order valence-electron chi connectivity index (χ3n) is 3.08. The summed E-state index contributed by atoms with van der Waals surface area (Å²) in [5.41, 5.74) is 2.96. The predicted octanol–water partition coefficient (Wildman–Crippen LogP) is 4.12. The molecule has 110 valence electrons. The molecule has 4 nitrogen and oxygen atoms in total. The Labute approximate surface area is 129 Å². The molecule has 1 aromatic carbocycles. The number of rotatable bonds is 5. The number of halogens is 1. The average molecular weight is 304 g/mol. The van der Waals surface area contributed by atoms with E-state index in [1.807, 2.05) is 13.0 Å². The van der Waals surface area contributed by atoms with Gasteiger partial charge in [0.25, 0.3) is 5.91 Å². The number of amides is 1. The molecule has 1 heterocycles. The van der Waals surface area contributed by atoms with Gasteiger partial charge in [-0.25, -0.2) is 0 Å². The van der Waals surface area contributed by atoms with Crippen LogP contribution in [0.2, 0.25) is 5.02 Å². The molecule has 0 fully saturated rings. The Bertz CT molecular complexity index is 643. The number of hydrogen-bond donors (Lipinski definition) is 2. The lowest BCUT2D eigenvalue weighted by molar-refractivity contribution is 0.102. The summed E-state index contributed by atoms with van der Waals surface area (Å²) < 4.78 is 0. The van der Waals surface area contributed by atoms with E-state index in [2.05, 4.69) is 22.5 Å². The second-order valence-electron chi connectivity index (χ2n) is 4.76. The standard InChI is InChI=1S/C16H18ClN3O/c1-3-7-19-14-6-8-18-10-13(14)16(21)20-15-9-12(17)5-4-11(15)2/h4-6,8-10H,3,7H2,1-2H3,(H,18,19)(H,20,21). The van der Waals surface area contributed by atoms with Crippen LogP contribution < -0.4 is 10.6 Å². The van der Waals surface area contributed by atoms with Gasteiger partial charge in [0.1, 0.15) is 0 Å².